The number of nitrogens with zero attached hydrogens (tertiary/aromatic N) is 4. The highest BCUT2D eigenvalue weighted by molar-refractivity contribution is 7.86. The first-order valence-electron chi connectivity index (χ1n) is 7.85. The Bertz CT molecular complexity index is 578. The Morgan fingerprint density at radius 2 is 1.81 bits per heavy atom. The van der Waals surface area contributed by atoms with Crippen LogP contribution in [0.25, 0.3) is 0 Å². The molecular formula is C14H24N4O2S. The van der Waals surface area contributed by atoms with Crippen molar-refractivity contribution in [1.82, 2.24) is 18.4 Å². The fourth-order valence-corrected chi connectivity index (χ4v) is 5.24. The topological polar surface area (TPSA) is 58.4 Å². The van der Waals surface area contributed by atoms with Gasteiger partial charge in [-0.05, 0) is 31.7 Å². The van der Waals surface area contributed by atoms with Crippen LogP contribution in [0.3, 0.4) is 0 Å². The Labute approximate surface area is 126 Å². The van der Waals surface area contributed by atoms with Crippen LogP contribution in [0.2, 0.25) is 0 Å². The van der Waals surface area contributed by atoms with Gasteiger partial charge in [0.25, 0.3) is 10.2 Å². The smallest absolute Gasteiger partial charge is 0.275 e. The molecule has 1 aromatic heterocycles. The molecule has 6 nitrogen and oxygen atoms in total. The second-order valence-corrected chi connectivity index (χ2v) is 7.89. The summed E-state index contributed by atoms with van der Waals surface area (Å²) >= 11 is 0. The summed E-state index contributed by atoms with van der Waals surface area (Å²) in [5.74, 6) is 0. The minimum absolute atomic E-state index is 0.112. The molecule has 2 saturated heterocycles. The molecular weight excluding hydrogens is 288 g/mol. The van der Waals surface area contributed by atoms with Crippen LogP contribution < -0.4 is 0 Å². The maximum atomic E-state index is 12.9. The van der Waals surface area contributed by atoms with Crippen LogP contribution in [0.15, 0.2) is 12.3 Å². The Hall–Kier alpha value is -0.920. The zero-order valence-electron chi connectivity index (χ0n) is 12.6. The molecule has 0 bridgehead atoms. The highest BCUT2D eigenvalue weighted by Crippen LogP contribution is 2.33. The lowest BCUT2D eigenvalue weighted by molar-refractivity contribution is 0.293. The molecule has 0 amide bonds. The van der Waals surface area contributed by atoms with Crippen LogP contribution in [0.1, 0.15) is 50.3 Å². The molecule has 0 N–H and O–H groups in total. The third-order valence-electron chi connectivity index (χ3n) is 4.47. The fraction of sp³-hybridized carbons (Fsp3) is 0.786. The second-order valence-electron chi connectivity index (χ2n) is 6.00. The van der Waals surface area contributed by atoms with Crippen LogP contribution in [0, 0.1) is 0 Å². The number of aryl methyl sites for hydroxylation is 1. The van der Waals surface area contributed by atoms with E-state index < -0.39 is 10.2 Å². The summed E-state index contributed by atoms with van der Waals surface area (Å²) in [4.78, 5) is 0. The Balaban J connectivity index is 1.91. The summed E-state index contributed by atoms with van der Waals surface area (Å²) < 4.78 is 31.0. The van der Waals surface area contributed by atoms with Crippen molar-refractivity contribution in [2.24, 2.45) is 7.05 Å². The maximum absolute atomic E-state index is 12.9. The quantitative estimate of drug-likeness (QED) is 0.853. The van der Waals surface area contributed by atoms with Gasteiger partial charge in [0.2, 0.25) is 0 Å². The van der Waals surface area contributed by atoms with Crippen molar-refractivity contribution in [2.45, 2.75) is 44.6 Å². The number of hydrogen-bond donors (Lipinski definition) is 0. The average Bonchev–Trinajstić information content (AvgIpc) is 3.06. The summed E-state index contributed by atoms with van der Waals surface area (Å²) in [5, 5.41) is 4.46. The molecule has 3 heterocycles. The van der Waals surface area contributed by atoms with Gasteiger partial charge in [0, 0.05) is 32.9 Å². The van der Waals surface area contributed by atoms with Gasteiger partial charge in [0.15, 0.2) is 0 Å². The van der Waals surface area contributed by atoms with Crippen molar-refractivity contribution in [3.63, 3.8) is 0 Å². The SMILES string of the molecule is Cn1ccc([C@@H]2CCCCCN2S(=O)(=O)N2CCCC2)n1. The summed E-state index contributed by atoms with van der Waals surface area (Å²) in [7, 11) is -1.48. The molecule has 118 valence electrons. The van der Waals surface area contributed by atoms with E-state index >= 15 is 0 Å². The lowest BCUT2D eigenvalue weighted by Gasteiger charge is -2.31. The van der Waals surface area contributed by atoms with Crippen molar-refractivity contribution >= 4 is 10.2 Å². The lowest BCUT2D eigenvalue weighted by atomic mass is 10.1. The van der Waals surface area contributed by atoms with Gasteiger partial charge in [-0.15, -0.1) is 0 Å². The molecule has 2 aliphatic rings. The zero-order valence-corrected chi connectivity index (χ0v) is 13.4. The van der Waals surface area contributed by atoms with Crippen LogP contribution >= 0.6 is 0 Å². The standard InChI is InChI=1S/C14H24N4O2S/c1-16-12-8-13(15-16)14-7-3-2-4-11-18(14)21(19,20)17-9-5-6-10-17/h8,12,14H,2-7,9-11H2,1H3/t14-/m0/s1. The van der Waals surface area contributed by atoms with Gasteiger partial charge in [0.1, 0.15) is 0 Å². The van der Waals surface area contributed by atoms with E-state index in [9.17, 15) is 8.42 Å². The largest absolute Gasteiger partial charge is 0.282 e. The highest BCUT2D eigenvalue weighted by Gasteiger charge is 2.38. The lowest BCUT2D eigenvalue weighted by Crippen LogP contribution is -2.44. The second kappa shape index (κ2) is 6.06. The minimum atomic E-state index is -3.36. The van der Waals surface area contributed by atoms with Crippen molar-refractivity contribution in [3.8, 4) is 0 Å². The molecule has 2 fully saturated rings. The van der Waals surface area contributed by atoms with E-state index in [1.807, 2.05) is 19.3 Å². The van der Waals surface area contributed by atoms with Crippen LogP contribution in [-0.4, -0.2) is 46.4 Å². The van der Waals surface area contributed by atoms with Gasteiger partial charge < -0.3 is 0 Å². The van der Waals surface area contributed by atoms with Crippen LogP contribution in [0.5, 0.6) is 0 Å². The first-order chi connectivity index (χ1) is 10.1. The molecule has 0 radical (unpaired) electrons. The summed E-state index contributed by atoms with van der Waals surface area (Å²) in [6.07, 6.45) is 7.80. The van der Waals surface area contributed by atoms with E-state index in [0.717, 1.165) is 44.2 Å². The molecule has 2 aliphatic heterocycles. The average molecular weight is 312 g/mol. The Morgan fingerprint density at radius 3 is 2.48 bits per heavy atom. The number of rotatable bonds is 3. The molecule has 21 heavy (non-hydrogen) atoms. The molecule has 0 aromatic carbocycles. The van der Waals surface area contributed by atoms with Crippen molar-refractivity contribution < 1.29 is 8.42 Å². The number of hydrogen-bond acceptors (Lipinski definition) is 3. The zero-order chi connectivity index (χ0) is 14.9. The van der Waals surface area contributed by atoms with E-state index in [0.29, 0.717) is 19.6 Å². The van der Waals surface area contributed by atoms with E-state index in [1.165, 1.54) is 0 Å². The predicted molar refractivity (Wildman–Crippen MR) is 80.8 cm³/mol. The highest BCUT2D eigenvalue weighted by atomic mass is 32.2. The van der Waals surface area contributed by atoms with Gasteiger partial charge in [0.05, 0.1) is 11.7 Å². The van der Waals surface area contributed by atoms with Crippen LogP contribution in [-0.2, 0) is 17.3 Å². The molecule has 1 atom stereocenters. The van der Waals surface area contributed by atoms with E-state index in [-0.39, 0.29) is 6.04 Å². The molecule has 0 saturated carbocycles. The normalized spacial score (nSPS) is 26.0. The summed E-state index contributed by atoms with van der Waals surface area (Å²) in [6.45, 7) is 1.93. The first kappa shape index (κ1) is 15.0. The fourth-order valence-electron chi connectivity index (χ4n) is 3.33. The maximum Gasteiger partial charge on any atom is 0.282 e. The Morgan fingerprint density at radius 1 is 1.10 bits per heavy atom. The van der Waals surface area contributed by atoms with Crippen LogP contribution in [0.4, 0.5) is 0 Å². The van der Waals surface area contributed by atoms with E-state index in [4.69, 9.17) is 0 Å². The molecule has 0 aliphatic carbocycles. The van der Waals surface area contributed by atoms with Crippen molar-refractivity contribution in [1.29, 1.82) is 0 Å². The van der Waals surface area contributed by atoms with E-state index in [2.05, 4.69) is 5.10 Å². The van der Waals surface area contributed by atoms with Gasteiger partial charge in [-0.25, -0.2) is 0 Å². The molecule has 3 rings (SSSR count). The third-order valence-corrected chi connectivity index (χ3v) is 6.51. The molecule has 7 heteroatoms. The van der Waals surface area contributed by atoms with Gasteiger partial charge in [-0.3, -0.25) is 4.68 Å². The number of aromatic nitrogens is 2. The first-order valence-corrected chi connectivity index (χ1v) is 9.25. The predicted octanol–water partition coefficient (Wildman–Crippen LogP) is 1.68. The molecule has 0 spiro atoms. The van der Waals surface area contributed by atoms with Crippen molar-refractivity contribution in [3.05, 3.63) is 18.0 Å². The summed E-state index contributed by atoms with van der Waals surface area (Å²) in [6, 6.07) is 1.84. The van der Waals surface area contributed by atoms with Gasteiger partial charge in [-0.1, -0.05) is 12.8 Å². The van der Waals surface area contributed by atoms with Crippen molar-refractivity contribution in [2.75, 3.05) is 19.6 Å². The Kier molecular flexibility index (Phi) is 4.33. The summed E-state index contributed by atoms with van der Waals surface area (Å²) in [5.41, 5.74) is 0.877. The van der Waals surface area contributed by atoms with Gasteiger partial charge >= 0.3 is 0 Å². The minimum Gasteiger partial charge on any atom is -0.275 e. The van der Waals surface area contributed by atoms with E-state index in [1.54, 1.807) is 13.3 Å². The third kappa shape index (κ3) is 3.00. The molecule has 1 aromatic rings. The monoisotopic (exact) mass is 312 g/mol. The molecule has 0 unspecified atom stereocenters. The van der Waals surface area contributed by atoms with Gasteiger partial charge in [-0.2, -0.15) is 22.1 Å².